The summed E-state index contributed by atoms with van der Waals surface area (Å²) in [5.74, 6) is 0.679. The van der Waals surface area contributed by atoms with Crippen LogP contribution in [0.3, 0.4) is 0 Å². The van der Waals surface area contributed by atoms with Crippen LogP contribution < -0.4 is 4.74 Å². The Morgan fingerprint density at radius 1 is 1.16 bits per heavy atom. The Balaban J connectivity index is 2.17. The van der Waals surface area contributed by atoms with Crippen molar-refractivity contribution in [2.24, 2.45) is 0 Å². The van der Waals surface area contributed by atoms with E-state index in [0.29, 0.717) is 6.61 Å². The molecule has 0 amide bonds. The minimum atomic E-state index is -0.199. The Bertz CT molecular complexity index is 542. The average Bonchev–Trinajstić information content (AvgIpc) is 2.39. The number of rotatable bonds is 5. The molecule has 0 aromatic heterocycles. The molecule has 0 bridgehead atoms. The molecule has 0 aliphatic carbocycles. The van der Waals surface area contributed by atoms with Gasteiger partial charge in [0.05, 0.1) is 6.61 Å². The highest BCUT2D eigenvalue weighted by atomic mass is 79.9. The van der Waals surface area contributed by atoms with E-state index in [0.717, 1.165) is 23.3 Å². The number of alkyl halides is 1. The predicted octanol–water partition coefficient (Wildman–Crippen LogP) is 4.90. The molecule has 0 radical (unpaired) electrons. The molecule has 100 valence electrons. The first-order valence-electron chi connectivity index (χ1n) is 6.31. The van der Waals surface area contributed by atoms with Gasteiger partial charge in [-0.2, -0.15) is 0 Å². The summed E-state index contributed by atoms with van der Waals surface area (Å²) < 4.78 is 18.8. The van der Waals surface area contributed by atoms with Crippen LogP contribution in [0.4, 0.5) is 4.39 Å². The van der Waals surface area contributed by atoms with Crippen molar-refractivity contribution >= 4 is 15.9 Å². The Hall–Kier alpha value is -1.35. The van der Waals surface area contributed by atoms with Crippen molar-refractivity contribution < 1.29 is 9.13 Å². The third kappa shape index (κ3) is 3.80. The zero-order chi connectivity index (χ0) is 13.7. The van der Waals surface area contributed by atoms with Crippen LogP contribution in [-0.4, -0.2) is 6.61 Å². The van der Waals surface area contributed by atoms with Crippen molar-refractivity contribution in [3.05, 3.63) is 65.5 Å². The molecule has 0 fully saturated rings. The number of hydrogen-bond donors (Lipinski definition) is 0. The van der Waals surface area contributed by atoms with E-state index >= 15 is 0 Å². The molecule has 3 heteroatoms. The van der Waals surface area contributed by atoms with E-state index in [9.17, 15) is 4.39 Å². The molecule has 0 aliphatic rings. The lowest BCUT2D eigenvalue weighted by molar-refractivity contribution is 0.336. The molecule has 19 heavy (non-hydrogen) atoms. The molecule has 0 heterocycles. The van der Waals surface area contributed by atoms with Crippen LogP contribution in [0, 0.1) is 5.82 Å². The maximum atomic E-state index is 13.2. The summed E-state index contributed by atoms with van der Waals surface area (Å²) in [5, 5.41) is 0. The van der Waals surface area contributed by atoms with Gasteiger partial charge >= 0.3 is 0 Å². The zero-order valence-corrected chi connectivity index (χ0v) is 12.4. The maximum Gasteiger partial charge on any atom is 0.123 e. The summed E-state index contributed by atoms with van der Waals surface area (Å²) in [4.78, 5) is 0.108. The monoisotopic (exact) mass is 322 g/mol. The number of halogens is 2. The lowest BCUT2D eigenvalue weighted by Crippen LogP contribution is -2.01. The molecule has 1 unspecified atom stereocenters. The van der Waals surface area contributed by atoms with Crippen molar-refractivity contribution in [3.63, 3.8) is 0 Å². The fourth-order valence-corrected chi connectivity index (χ4v) is 2.76. The molecule has 0 spiro atoms. The van der Waals surface area contributed by atoms with Gasteiger partial charge in [0.1, 0.15) is 11.6 Å². The second kappa shape index (κ2) is 6.71. The van der Waals surface area contributed by atoms with E-state index in [-0.39, 0.29) is 10.6 Å². The first-order chi connectivity index (χ1) is 9.20. The average molecular weight is 323 g/mol. The van der Waals surface area contributed by atoms with Gasteiger partial charge in [0, 0.05) is 10.4 Å². The van der Waals surface area contributed by atoms with Crippen LogP contribution >= 0.6 is 15.9 Å². The van der Waals surface area contributed by atoms with Gasteiger partial charge in [0.15, 0.2) is 0 Å². The van der Waals surface area contributed by atoms with Crippen molar-refractivity contribution in [2.45, 2.75) is 18.2 Å². The SMILES string of the molecule is CCOc1ccccc1C(Br)Cc1cccc(F)c1. The first-order valence-corrected chi connectivity index (χ1v) is 7.22. The summed E-state index contributed by atoms with van der Waals surface area (Å²) in [5.41, 5.74) is 2.06. The Morgan fingerprint density at radius 2 is 1.95 bits per heavy atom. The molecule has 2 aromatic carbocycles. The normalized spacial score (nSPS) is 12.2. The van der Waals surface area contributed by atoms with Gasteiger partial charge in [-0.15, -0.1) is 0 Å². The van der Waals surface area contributed by atoms with E-state index in [1.807, 2.05) is 37.3 Å². The van der Waals surface area contributed by atoms with E-state index < -0.39 is 0 Å². The third-order valence-corrected chi connectivity index (χ3v) is 3.68. The number of ether oxygens (including phenoxy) is 1. The molecule has 0 N–H and O–H groups in total. The molecule has 0 aliphatic heterocycles. The maximum absolute atomic E-state index is 13.2. The number of para-hydroxylation sites is 1. The Morgan fingerprint density at radius 3 is 2.68 bits per heavy atom. The van der Waals surface area contributed by atoms with E-state index in [1.165, 1.54) is 6.07 Å². The van der Waals surface area contributed by atoms with Crippen LogP contribution in [-0.2, 0) is 6.42 Å². The highest BCUT2D eigenvalue weighted by Gasteiger charge is 2.13. The van der Waals surface area contributed by atoms with Gasteiger partial charge in [0.25, 0.3) is 0 Å². The van der Waals surface area contributed by atoms with Crippen molar-refractivity contribution in [1.29, 1.82) is 0 Å². The van der Waals surface area contributed by atoms with Crippen LogP contribution in [0.25, 0.3) is 0 Å². The van der Waals surface area contributed by atoms with E-state index in [4.69, 9.17) is 4.74 Å². The van der Waals surface area contributed by atoms with Crippen LogP contribution in [0.15, 0.2) is 48.5 Å². The summed E-state index contributed by atoms with van der Waals surface area (Å²) in [6, 6.07) is 14.6. The third-order valence-electron chi connectivity index (χ3n) is 2.86. The largest absolute Gasteiger partial charge is 0.494 e. The summed E-state index contributed by atoms with van der Waals surface area (Å²) in [7, 11) is 0. The van der Waals surface area contributed by atoms with E-state index in [1.54, 1.807) is 12.1 Å². The Labute approximate surface area is 121 Å². The molecule has 2 aromatic rings. The summed E-state index contributed by atoms with van der Waals surface area (Å²) in [6.45, 7) is 2.60. The van der Waals surface area contributed by atoms with Gasteiger partial charge in [-0.25, -0.2) is 4.39 Å². The molecule has 1 atom stereocenters. The van der Waals surface area contributed by atoms with Crippen molar-refractivity contribution in [2.75, 3.05) is 6.61 Å². The second-order valence-electron chi connectivity index (χ2n) is 4.27. The topological polar surface area (TPSA) is 9.23 Å². The fourth-order valence-electron chi connectivity index (χ4n) is 2.01. The predicted molar refractivity (Wildman–Crippen MR) is 79.4 cm³/mol. The number of benzene rings is 2. The standard InChI is InChI=1S/C16H16BrFO/c1-2-19-16-9-4-3-8-14(16)15(17)11-12-6-5-7-13(18)10-12/h3-10,15H,2,11H2,1H3. The number of hydrogen-bond acceptors (Lipinski definition) is 1. The quantitative estimate of drug-likeness (QED) is 0.711. The second-order valence-corrected chi connectivity index (χ2v) is 5.38. The van der Waals surface area contributed by atoms with Gasteiger partial charge in [0.2, 0.25) is 0 Å². The summed E-state index contributed by atoms with van der Waals surface area (Å²) >= 11 is 3.67. The van der Waals surface area contributed by atoms with E-state index in [2.05, 4.69) is 15.9 Å². The molecule has 2 rings (SSSR count). The van der Waals surface area contributed by atoms with Crippen LogP contribution in [0.1, 0.15) is 22.9 Å². The highest BCUT2D eigenvalue weighted by molar-refractivity contribution is 9.09. The lowest BCUT2D eigenvalue weighted by atomic mass is 10.0. The molecule has 0 saturated carbocycles. The van der Waals surface area contributed by atoms with Crippen LogP contribution in [0.5, 0.6) is 5.75 Å². The minimum Gasteiger partial charge on any atom is -0.494 e. The zero-order valence-electron chi connectivity index (χ0n) is 10.8. The molecular weight excluding hydrogens is 307 g/mol. The van der Waals surface area contributed by atoms with Gasteiger partial charge in [-0.3, -0.25) is 0 Å². The van der Waals surface area contributed by atoms with Crippen LogP contribution in [0.2, 0.25) is 0 Å². The molecule has 0 saturated heterocycles. The van der Waals surface area contributed by atoms with Crippen molar-refractivity contribution in [3.8, 4) is 5.75 Å². The smallest absolute Gasteiger partial charge is 0.123 e. The van der Waals surface area contributed by atoms with Gasteiger partial charge in [-0.1, -0.05) is 46.3 Å². The van der Waals surface area contributed by atoms with Gasteiger partial charge < -0.3 is 4.74 Å². The highest BCUT2D eigenvalue weighted by Crippen LogP contribution is 2.33. The summed E-state index contributed by atoms with van der Waals surface area (Å²) in [6.07, 6.45) is 0.724. The minimum absolute atomic E-state index is 0.108. The molecule has 1 nitrogen and oxygen atoms in total. The van der Waals surface area contributed by atoms with Crippen molar-refractivity contribution in [1.82, 2.24) is 0 Å². The lowest BCUT2D eigenvalue weighted by Gasteiger charge is -2.15. The first kappa shape index (κ1) is 14.1. The Kier molecular flexibility index (Phi) is 4.97. The van der Waals surface area contributed by atoms with Gasteiger partial charge in [-0.05, 0) is 37.1 Å². The molecular formula is C16H16BrFO. The fraction of sp³-hybridized carbons (Fsp3) is 0.250.